The Labute approximate surface area is 128 Å². The highest BCUT2D eigenvalue weighted by Crippen LogP contribution is 2.16. The van der Waals surface area contributed by atoms with Gasteiger partial charge in [0.2, 0.25) is 5.91 Å². The molecule has 0 unspecified atom stereocenters. The number of ether oxygens (including phenoxy) is 1. The number of anilines is 1. The molecule has 118 valence electrons. The normalized spacial score (nSPS) is 21.6. The van der Waals surface area contributed by atoms with Gasteiger partial charge in [0.05, 0.1) is 12.7 Å². The van der Waals surface area contributed by atoms with Gasteiger partial charge in [-0.3, -0.25) is 14.7 Å². The molecule has 1 atom stereocenters. The zero-order valence-corrected chi connectivity index (χ0v) is 12.3. The summed E-state index contributed by atoms with van der Waals surface area (Å²) in [6.45, 7) is 2.50. The monoisotopic (exact) mass is 305 g/mol. The van der Waals surface area contributed by atoms with Crippen LogP contribution in [0.5, 0.6) is 0 Å². The van der Waals surface area contributed by atoms with Gasteiger partial charge in [0, 0.05) is 31.5 Å². The predicted molar refractivity (Wildman–Crippen MR) is 78.3 cm³/mol. The summed E-state index contributed by atoms with van der Waals surface area (Å²) in [4.78, 5) is 35.3. The van der Waals surface area contributed by atoms with Gasteiger partial charge in [-0.15, -0.1) is 0 Å². The lowest BCUT2D eigenvalue weighted by atomic mass is 10.1. The number of piperidine rings is 1. The molecule has 8 nitrogen and oxygen atoms in total. The lowest BCUT2D eigenvalue weighted by Crippen LogP contribution is -2.50. The van der Waals surface area contributed by atoms with Crippen molar-refractivity contribution in [3.8, 4) is 0 Å². The zero-order valence-electron chi connectivity index (χ0n) is 12.3. The first-order valence-electron chi connectivity index (χ1n) is 7.44. The molecule has 8 heteroatoms. The molecule has 3 heterocycles. The number of hydrogen-bond acceptors (Lipinski definition) is 6. The quantitative estimate of drug-likeness (QED) is 0.843. The topological polar surface area (TPSA) is 87.7 Å². The second-order valence-corrected chi connectivity index (χ2v) is 5.45. The van der Waals surface area contributed by atoms with E-state index in [9.17, 15) is 9.59 Å². The minimum atomic E-state index is -0.417. The third-order valence-electron chi connectivity index (χ3n) is 3.84. The fourth-order valence-corrected chi connectivity index (χ4v) is 2.77. The van der Waals surface area contributed by atoms with Gasteiger partial charge in [-0.05, 0) is 12.8 Å². The van der Waals surface area contributed by atoms with Crippen LogP contribution < -0.4 is 10.2 Å². The lowest BCUT2D eigenvalue weighted by molar-refractivity contribution is -0.122. The predicted octanol–water partition coefficient (Wildman–Crippen LogP) is 0.0138. The zero-order chi connectivity index (χ0) is 15.4. The van der Waals surface area contributed by atoms with E-state index in [4.69, 9.17) is 4.74 Å². The van der Waals surface area contributed by atoms with E-state index in [1.54, 1.807) is 18.6 Å². The summed E-state index contributed by atoms with van der Waals surface area (Å²) < 4.78 is 4.81. The fraction of sp³-hybridized carbons (Fsp3) is 0.571. The van der Waals surface area contributed by atoms with Gasteiger partial charge >= 0.3 is 6.09 Å². The number of nitrogens with one attached hydrogen (secondary N) is 1. The molecule has 3 rings (SSSR count). The Hall–Kier alpha value is -2.38. The largest absolute Gasteiger partial charge is 0.448 e. The lowest BCUT2D eigenvalue weighted by Gasteiger charge is -2.33. The average molecular weight is 305 g/mol. The third-order valence-corrected chi connectivity index (χ3v) is 3.84. The molecular weight excluding hydrogens is 286 g/mol. The first kappa shape index (κ1) is 14.6. The summed E-state index contributed by atoms with van der Waals surface area (Å²) >= 11 is 0. The summed E-state index contributed by atoms with van der Waals surface area (Å²) in [5.41, 5.74) is 0. The van der Waals surface area contributed by atoms with Gasteiger partial charge in [-0.25, -0.2) is 9.78 Å². The van der Waals surface area contributed by atoms with Crippen LogP contribution in [0.15, 0.2) is 18.6 Å². The first-order chi connectivity index (χ1) is 10.7. The van der Waals surface area contributed by atoms with Crippen molar-refractivity contribution in [3.63, 3.8) is 0 Å². The highest BCUT2D eigenvalue weighted by molar-refractivity contribution is 5.83. The second kappa shape index (κ2) is 6.59. The Morgan fingerprint density at radius 2 is 2.32 bits per heavy atom. The van der Waals surface area contributed by atoms with Crippen molar-refractivity contribution in [1.82, 2.24) is 20.2 Å². The molecule has 0 spiro atoms. The fourth-order valence-electron chi connectivity index (χ4n) is 2.77. The number of carbonyl (C=O) groups is 2. The van der Waals surface area contributed by atoms with Crippen molar-refractivity contribution in [2.45, 2.75) is 18.9 Å². The van der Waals surface area contributed by atoms with Gasteiger partial charge < -0.3 is 15.0 Å². The molecule has 0 radical (unpaired) electrons. The van der Waals surface area contributed by atoms with Crippen molar-refractivity contribution < 1.29 is 14.3 Å². The number of cyclic esters (lactones) is 1. The van der Waals surface area contributed by atoms with E-state index < -0.39 is 6.09 Å². The van der Waals surface area contributed by atoms with Crippen LogP contribution >= 0.6 is 0 Å². The molecule has 2 fully saturated rings. The minimum Gasteiger partial charge on any atom is -0.448 e. The Morgan fingerprint density at radius 1 is 1.41 bits per heavy atom. The molecule has 0 bridgehead atoms. The maximum absolute atomic E-state index is 12.0. The summed E-state index contributed by atoms with van der Waals surface area (Å²) in [5.74, 6) is 0.675. The van der Waals surface area contributed by atoms with Crippen molar-refractivity contribution >= 4 is 17.8 Å². The van der Waals surface area contributed by atoms with E-state index in [0.717, 1.165) is 25.2 Å². The molecule has 0 saturated carbocycles. The van der Waals surface area contributed by atoms with Crippen LogP contribution in [0, 0.1) is 0 Å². The average Bonchev–Trinajstić information content (AvgIpc) is 2.93. The van der Waals surface area contributed by atoms with Gasteiger partial charge in [-0.1, -0.05) is 0 Å². The van der Waals surface area contributed by atoms with Crippen molar-refractivity contribution in [2.24, 2.45) is 0 Å². The SMILES string of the molecule is O=C(CN1CCOC1=O)N[C@H]1CCCN(c2cnccn2)C1. The van der Waals surface area contributed by atoms with Crippen LogP contribution in [0.1, 0.15) is 12.8 Å². The Balaban J connectivity index is 1.52. The van der Waals surface area contributed by atoms with E-state index in [1.807, 2.05) is 0 Å². The maximum Gasteiger partial charge on any atom is 0.410 e. The number of carbonyl (C=O) groups excluding carboxylic acids is 2. The summed E-state index contributed by atoms with van der Waals surface area (Å²) in [5, 5.41) is 2.99. The Morgan fingerprint density at radius 3 is 3.05 bits per heavy atom. The Kier molecular flexibility index (Phi) is 4.36. The smallest absolute Gasteiger partial charge is 0.410 e. The minimum absolute atomic E-state index is 0.0560. The van der Waals surface area contributed by atoms with Gasteiger partial charge in [0.15, 0.2) is 0 Å². The molecule has 2 saturated heterocycles. The van der Waals surface area contributed by atoms with Crippen LogP contribution in [0.25, 0.3) is 0 Å². The standard InChI is InChI=1S/C14H19N5O3/c20-13(10-19-6-7-22-14(19)21)17-11-2-1-5-18(9-11)12-8-15-3-4-16-12/h3-4,8,11H,1-2,5-7,9-10H2,(H,17,20)/t11-/m0/s1. The van der Waals surface area contributed by atoms with Gasteiger partial charge in [-0.2, -0.15) is 0 Å². The molecule has 2 aliphatic rings. The molecule has 0 aromatic carbocycles. The van der Waals surface area contributed by atoms with E-state index >= 15 is 0 Å². The third kappa shape index (κ3) is 3.44. The van der Waals surface area contributed by atoms with Crippen molar-refractivity contribution in [1.29, 1.82) is 0 Å². The van der Waals surface area contributed by atoms with Crippen LogP contribution in [-0.2, 0) is 9.53 Å². The molecule has 1 N–H and O–H groups in total. The molecule has 1 aromatic rings. The van der Waals surface area contributed by atoms with Crippen LogP contribution in [0.2, 0.25) is 0 Å². The van der Waals surface area contributed by atoms with E-state index in [1.165, 1.54) is 4.90 Å². The van der Waals surface area contributed by atoms with Crippen LogP contribution in [-0.4, -0.2) is 65.7 Å². The highest BCUT2D eigenvalue weighted by Gasteiger charge is 2.27. The van der Waals surface area contributed by atoms with Crippen LogP contribution in [0.3, 0.4) is 0 Å². The molecule has 0 aliphatic carbocycles. The van der Waals surface area contributed by atoms with E-state index in [2.05, 4.69) is 20.2 Å². The molecule has 2 amide bonds. The number of amides is 2. The summed E-state index contributed by atoms with van der Waals surface area (Å²) in [6.07, 6.45) is 6.52. The first-order valence-corrected chi connectivity index (χ1v) is 7.44. The number of nitrogens with zero attached hydrogens (tertiary/aromatic N) is 4. The van der Waals surface area contributed by atoms with E-state index in [0.29, 0.717) is 19.7 Å². The molecule has 2 aliphatic heterocycles. The number of rotatable bonds is 4. The summed E-state index contributed by atoms with van der Waals surface area (Å²) in [6, 6.07) is 0.0573. The maximum atomic E-state index is 12.0. The summed E-state index contributed by atoms with van der Waals surface area (Å²) in [7, 11) is 0. The highest BCUT2D eigenvalue weighted by atomic mass is 16.6. The van der Waals surface area contributed by atoms with Crippen molar-refractivity contribution in [2.75, 3.05) is 37.7 Å². The van der Waals surface area contributed by atoms with Crippen LogP contribution in [0.4, 0.5) is 10.6 Å². The molecule has 22 heavy (non-hydrogen) atoms. The number of hydrogen-bond donors (Lipinski definition) is 1. The van der Waals surface area contributed by atoms with Gasteiger partial charge in [0.1, 0.15) is 19.0 Å². The van der Waals surface area contributed by atoms with E-state index in [-0.39, 0.29) is 18.5 Å². The molecule has 1 aromatic heterocycles. The number of aromatic nitrogens is 2. The second-order valence-electron chi connectivity index (χ2n) is 5.45. The van der Waals surface area contributed by atoms with Gasteiger partial charge in [0.25, 0.3) is 0 Å². The Bertz CT molecular complexity index is 539. The molecular formula is C14H19N5O3. The van der Waals surface area contributed by atoms with Crippen molar-refractivity contribution in [3.05, 3.63) is 18.6 Å².